The van der Waals surface area contributed by atoms with E-state index in [1.165, 1.54) is 0 Å². The van der Waals surface area contributed by atoms with Crippen molar-refractivity contribution in [2.75, 3.05) is 6.54 Å². The van der Waals surface area contributed by atoms with Crippen LogP contribution in [0.2, 0.25) is 0 Å². The molecular weight excluding hydrogens is 176 g/mol. The average Bonchev–Trinajstić information content (AvgIpc) is 2.14. The van der Waals surface area contributed by atoms with Gasteiger partial charge < -0.3 is 10.6 Å². The molecule has 2 atom stereocenters. The Morgan fingerprint density at radius 2 is 2.29 bits per heavy atom. The monoisotopic (exact) mass is 194 g/mol. The van der Waals surface area contributed by atoms with Crippen LogP contribution in [0.4, 0.5) is 0 Å². The first kappa shape index (κ1) is 12.7. The van der Waals surface area contributed by atoms with Gasteiger partial charge in [-0.05, 0) is 20.3 Å². The molecule has 2 unspecified atom stereocenters. The van der Waals surface area contributed by atoms with Crippen LogP contribution < -0.4 is 10.6 Å². The Morgan fingerprint density at radius 1 is 1.64 bits per heavy atom. The molecule has 14 heavy (non-hydrogen) atoms. The van der Waals surface area contributed by atoms with Crippen LogP contribution in [0.1, 0.15) is 20.3 Å². The first-order valence-corrected chi connectivity index (χ1v) is 4.70. The van der Waals surface area contributed by atoms with Crippen molar-refractivity contribution in [1.29, 1.82) is 0 Å². The van der Waals surface area contributed by atoms with Crippen molar-refractivity contribution >= 4 is 5.91 Å². The molecule has 3 heteroatoms. The number of hydrogen-bond donors (Lipinski definition) is 2. The van der Waals surface area contributed by atoms with Gasteiger partial charge in [-0.1, -0.05) is 12.0 Å². The van der Waals surface area contributed by atoms with Crippen LogP contribution in [0.3, 0.4) is 0 Å². The van der Waals surface area contributed by atoms with E-state index < -0.39 is 0 Å². The zero-order valence-electron chi connectivity index (χ0n) is 8.84. The smallest absolute Gasteiger partial charge is 0.237 e. The molecule has 0 rings (SSSR count). The second-order valence-corrected chi connectivity index (χ2v) is 3.24. The Hall–Kier alpha value is -1.27. The van der Waals surface area contributed by atoms with Crippen LogP contribution in [0, 0.1) is 12.3 Å². The van der Waals surface area contributed by atoms with Gasteiger partial charge in [0.05, 0.1) is 12.6 Å². The Kier molecular flexibility index (Phi) is 6.51. The maximum absolute atomic E-state index is 11.3. The van der Waals surface area contributed by atoms with Gasteiger partial charge in [0.2, 0.25) is 5.91 Å². The SMILES string of the molecule is C#CCNC(=O)C(C)NC(C)CC=C. The van der Waals surface area contributed by atoms with E-state index in [0.29, 0.717) is 0 Å². The first-order valence-electron chi connectivity index (χ1n) is 4.70. The molecule has 0 saturated carbocycles. The fourth-order valence-corrected chi connectivity index (χ4v) is 1.11. The fourth-order valence-electron chi connectivity index (χ4n) is 1.11. The third-order valence-corrected chi connectivity index (χ3v) is 1.81. The lowest BCUT2D eigenvalue weighted by molar-refractivity contribution is -0.122. The third-order valence-electron chi connectivity index (χ3n) is 1.81. The second kappa shape index (κ2) is 7.16. The quantitative estimate of drug-likeness (QED) is 0.482. The van der Waals surface area contributed by atoms with Gasteiger partial charge in [-0.2, -0.15) is 0 Å². The Labute approximate surface area is 86.0 Å². The van der Waals surface area contributed by atoms with Crippen molar-refractivity contribution < 1.29 is 4.79 Å². The van der Waals surface area contributed by atoms with E-state index in [1.807, 2.05) is 19.9 Å². The van der Waals surface area contributed by atoms with E-state index in [4.69, 9.17) is 6.42 Å². The number of terminal acetylenes is 1. The fraction of sp³-hybridized carbons (Fsp3) is 0.545. The third kappa shape index (κ3) is 5.39. The molecule has 0 aliphatic carbocycles. The summed E-state index contributed by atoms with van der Waals surface area (Å²) in [6.45, 7) is 7.73. The van der Waals surface area contributed by atoms with Crippen molar-refractivity contribution in [2.45, 2.75) is 32.4 Å². The summed E-state index contributed by atoms with van der Waals surface area (Å²) in [5, 5.41) is 5.75. The minimum absolute atomic E-state index is 0.0705. The number of nitrogens with one attached hydrogen (secondary N) is 2. The van der Waals surface area contributed by atoms with Crippen LogP contribution >= 0.6 is 0 Å². The molecule has 0 spiro atoms. The number of carbonyl (C=O) groups excluding carboxylic acids is 1. The van der Waals surface area contributed by atoms with E-state index in [-0.39, 0.29) is 24.5 Å². The van der Waals surface area contributed by atoms with Crippen molar-refractivity contribution in [2.24, 2.45) is 0 Å². The maximum atomic E-state index is 11.3. The second-order valence-electron chi connectivity index (χ2n) is 3.24. The van der Waals surface area contributed by atoms with Gasteiger partial charge in [0.1, 0.15) is 0 Å². The zero-order chi connectivity index (χ0) is 11.0. The molecule has 0 saturated heterocycles. The topological polar surface area (TPSA) is 41.1 Å². The van der Waals surface area contributed by atoms with Gasteiger partial charge in [-0.15, -0.1) is 13.0 Å². The minimum Gasteiger partial charge on any atom is -0.344 e. The number of amides is 1. The summed E-state index contributed by atoms with van der Waals surface area (Å²) in [5.74, 6) is 2.29. The van der Waals surface area contributed by atoms with Crippen LogP contribution in [0.15, 0.2) is 12.7 Å². The molecule has 0 aromatic carbocycles. The molecule has 0 aromatic heterocycles. The standard InChI is InChI=1S/C11H18N2O/c1-5-7-9(3)13-10(4)11(14)12-8-6-2/h2,5,9-10,13H,1,7-8H2,3-4H3,(H,12,14). The van der Waals surface area contributed by atoms with Gasteiger partial charge in [0.25, 0.3) is 0 Å². The van der Waals surface area contributed by atoms with Crippen molar-refractivity contribution in [1.82, 2.24) is 10.6 Å². The highest BCUT2D eigenvalue weighted by Crippen LogP contribution is 1.93. The van der Waals surface area contributed by atoms with Crippen molar-refractivity contribution in [3.63, 3.8) is 0 Å². The van der Waals surface area contributed by atoms with E-state index >= 15 is 0 Å². The normalized spacial score (nSPS) is 13.8. The molecular formula is C11H18N2O. The largest absolute Gasteiger partial charge is 0.344 e. The van der Waals surface area contributed by atoms with E-state index in [2.05, 4.69) is 23.1 Å². The predicted octanol–water partition coefficient (Wildman–Crippen LogP) is 0.678. The average molecular weight is 194 g/mol. The molecule has 78 valence electrons. The van der Waals surface area contributed by atoms with Crippen LogP contribution in [-0.2, 0) is 4.79 Å². The van der Waals surface area contributed by atoms with Gasteiger partial charge in [-0.3, -0.25) is 4.79 Å². The highest BCUT2D eigenvalue weighted by Gasteiger charge is 2.13. The van der Waals surface area contributed by atoms with Gasteiger partial charge in [0, 0.05) is 6.04 Å². The lowest BCUT2D eigenvalue weighted by Gasteiger charge is -2.17. The molecule has 0 aliphatic rings. The molecule has 0 aliphatic heterocycles. The van der Waals surface area contributed by atoms with E-state index in [9.17, 15) is 4.79 Å². The Balaban J connectivity index is 3.83. The molecule has 2 N–H and O–H groups in total. The highest BCUT2D eigenvalue weighted by molar-refractivity contribution is 5.81. The van der Waals surface area contributed by atoms with Crippen LogP contribution in [0.5, 0.6) is 0 Å². The number of hydrogen-bond acceptors (Lipinski definition) is 2. The summed E-state index contributed by atoms with van der Waals surface area (Å²) in [4.78, 5) is 11.3. The first-order chi connectivity index (χ1) is 6.61. The minimum atomic E-state index is -0.224. The summed E-state index contributed by atoms with van der Waals surface area (Å²) < 4.78 is 0. The lowest BCUT2D eigenvalue weighted by atomic mass is 10.2. The summed E-state index contributed by atoms with van der Waals surface area (Å²) in [6.07, 6.45) is 7.69. The molecule has 1 amide bonds. The molecule has 0 aromatic rings. The Morgan fingerprint density at radius 3 is 2.79 bits per heavy atom. The van der Waals surface area contributed by atoms with Gasteiger partial charge in [0.15, 0.2) is 0 Å². The van der Waals surface area contributed by atoms with Crippen molar-refractivity contribution in [3.8, 4) is 12.3 Å². The molecule has 0 heterocycles. The van der Waals surface area contributed by atoms with E-state index in [1.54, 1.807) is 0 Å². The molecule has 3 nitrogen and oxygen atoms in total. The summed E-state index contributed by atoms with van der Waals surface area (Å²) in [5.41, 5.74) is 0. The van der Waals surface area contributed by atoms with Gasteiger partial charge >= 0.3 is 0 Å². The molecule has 0 fully saturated rings. The molecule has 0 radical (unpaired) electrons. The summed E-state index contributed by atoms with van der Waals surface area (Å²) >= 11 is 0. The van der Waals surface area contributed by atoms with Crippen LogP contribution in [0.25, 0.3) is 0 Å². The zero-order valence-corrected chi connectivity index (χ0v) is 8.84. The molecule has 0 bridgehead atoms. The number of rotatable bonds is 6. The van der Waals surface area contributed by atoms with E-state index in [0.717, 1.165) is 6.42 Å². The summed E-state index contributed by atoms with van der Waals surface area (Å²) in [7, 11) is 0. The van der Waals surface area contributed by atoms with Crippen molar-refractivity contribution in [3.05, 3.63) is 12.7 Å². The highest BCUT2D eigenvalue weighted by atomic mass is 16.2. The summed E-state index contributed by atoms with van der Waals surface area (Å²) in [6, 6.07) is 0.0254. The lowest BCUT2D eigenvalue weighted by Crippen LogP contribution is -2.45. The Bertz CT molecular complexity index is 230. The van der Waals surface area contributed by atoms with Crippen LogP contribution in [-0.4, -0.2) is 24.5 Å². The predicted molar refractivity (Wildman–Crippen MR) is 58.7 cm³/mol. The van der Waals surface area contributed by atoms with Gasteiger partial charge in [-0.25, -0.2) is 0 Å². The maximum Gasteiger partial charge on any atom is 0.237 e. The number of carbonyl (C=O) groups is 1.